The molecule has 20 heavy (non-hydrogen) atoms. The first kappa shape index (κ1) is 17.0. The van der Waals surface area contributed by atoms with Gasteiger partial charge >= 0.3 is 5.97 Å². The number of methoxy groups -OCH3 is 1. The van der Waals surface area contributed by atoms with Crippen LogP contribution in [0.3, 0.4) is 0 Å². The molecule has 0 heterocycles. The summed E-state index contributed by atoms with van der Waals surface area (Å²) in [6.45, 7) is 4.65. The smallest absolute Gasteiger partial charge is 0.303 e. The van der Waals surface area contributed by atoms with E-state index in [1.54, 1.807) is 7.11 Å². The van der Waals surface area contributed by atoms with Crippen LogP contribution in [-0.2, 0) is 14.3 Å². The Bertz CT molecular complexity index is 342. The zero-order valence-corrected chi connectivity index (χ0v) is 12.8. The Morgan fingerprint density at radius 3 is 2.40 bits per heavy atom. The molecule has 0 aromatic rings. The standard InChI is InChI=1S/C15H27NO4/c1-14(2,8-5-13(18)19)9-10-16-12(17)11-15(20-3)6-4-7-15/h4-11H2,1-3H3,(H,16,17)(H,18,19). The fourth-order valence-corrected chi connectivity index (χ4v) is 2.49. The quantitative estimate of drug-likeness (QED) is 0.682. The van der Waals surface area contributed by atoms with Gasteiger partial charge in [-0.3, -0.25) is 9.59 Å². The molecule has 0 aromatic heterocycles. The van der Waals surface area contributed by atoms with E-state index in [4.69, 9.17) is 9.84 Å². The molecule has 0 unspecified atom stereocenters. The van der Waals surface area contributed by atoms with Crippen LogP contribution in [0.1, 0.15) is 58.8 Å². The van der Waals surface area contributed by atoms with Gasteiger partial charge in [0.2, 0.25) is 5.91 Å². The van der Waals surface area contributed by atoms with Crippen LogP contribution >= 0.6 is 0 Å². The molecule has 1 rings (SSSR count). The van der Waals surface area contributed by atoms with Crippen molar-refractivity contribution in [3.05, 3.63) is 0 Å². The minimum absolute atomic E-state index is 0.0283. The van der Waals surface area contributed by atoms with Gasteiger partial charge in [-0.1, -0.05) is 13.8 Å². The van der Waals surface area contributed by atoms with Crippen molar-refractivity contribution in [3.8, 4) is 0 Å². The normalized spacial score (nSPS) is 17.4. The summed E-state index contributed by atoms with van der Waals surface area (Å²) in [6, 6.07) is 0. The van der Waals surface area contributed by atoms with E-state index in [0.717, 1.165) is 25.7 Å². The van der Waals surface area contributed by atoms with Gasteiger partial charge in [0.1, 0.15) is 0 Å². The van der Waals surface area contributed by atoms with Gasteiger partial charge in [0.25, 0.3) is 0 Å². The van der Waals surface area contributed by atoms with E-state index < -0.39 is 5.97 Å². The first-order chi connectivity index (χ1) is 9.29. The van der Waals surface area contributed by atoms with Crippen LogP contribution in [-0.4, -0.2) is 36.2 Å². The molecular formula is C15H27NO4. The number of nitrogens with one attached hydrogen (secondary N) is 1. The number of rotatable bonds is 9. The Morgan fingerprint density at radius 2 is 1.95 bits per heavy atom. The SMILES string of the molecule is COC1(CC(=O)NCCC(C)(C)CCC(=O)O)CCC1. The molecule has 1 amide bonds. The summed E-state index contributed by atoms with van der Waals surface area (Å²) in [5, 5.41) is 11.6. The van der Waals surface area contributed by atoms with Crippen LogP contribution in [0.2, 0.25) is 0 Å². The maximum atomic E-state index is 11.9. The molecule has 0 aliphatic heterocycles. The molecule has 5 heteroatoms. The lowest BCUT2D eigenvalue weighted by Gasteiger charge is -2.40. The van der Waals surface area contributed by atoms with E-state index in [9.17, 15) is 9.59 Å². The monoisotopic (exact) mass is 285 g/mol. The summed E-state index contributed by atoms with van der Waals surface area (Å²) in [6.07, 6.45) is 5.06. The first-order valence-corrected chi connectivity index (χ1v) is 7.32. The Hall–Kier alpha value is -1.10. The second-order valence-corrected chi connectivity index (χ2v) is 6.58. The summed E-state index contributed by atoms with van der Waals surface area (Å²) in [7, 11) is 1.67. The number of carbonyl (C=O) groups excluding carboxylic acids is 1. The fraction of sp³-hybridized carbons (Fsp3) is 0.867. The van der Waals surface area contributed by atoms with Crippen LogP contribution in [0.25, 0.3) is 0 Å². The van der Waals surface area contributed by atoms with Crippen LogP contribution in [0.5, 0.6) is 0 Å². The Kier molecular flexibility index (Phi) is 5.99. The minimum Gasteiger partial charge on any atom is -0.481 e. The van der Waals surface area contributed by atoms with Crippen LogP contribution in [0, 0.1) is 5.41 Å². The van der Waals surface area contributed by atoms with Crippen molar-refractivity contribution >= 4 is 11.9 Å². The summed E-state index contributed by atoms with van der Waals surface area (Å²) in [4.78, 5) is 22.5. The molecule has 0 aromatic carbocycles. The molecule has 0 atom stereocenters. The molecule has 0 bridgehead atoms. The number of carboxylic acid groups (broad SMARTS) is 1. The van der Waals surface area contributed by atoms with E-state index in [1.807, 2.05) is 13.8 Å². The second-order valence-electron chi connectivity index (χ2n) is 6.58. The number of carboxylic acids is 1. The predicted molar refractivity (Wildman–Crippen MR) is 76.5 cm³/mol. The Balaban J connectivity index is 2.22. The highest BCUT2D eigenvalue weighted by atomic mass is 16.5. The molecule has 116 valence electrons. The van der Waals surface area contributed by atoms with E-state index in [2.05, 4.69) is 5.32 Å². The second kappa shape index (κ2) is 7.07. The third-order valence-corrected chi connectivity index (χ3v) is 4.32. The van der Waals surface area contributed by atoms with Gasteiger partial charge in [0.05, 0.1) is 12.0 Å². The van der Waals surface area contributed by atoms with Gasteiger partial charge in [-0.25, -0.2) is 0 Å². The Labute approximate surface area is 121 Å². The summed E-state index contributed by atoms with van der Waals surface area (Å²) < 4.78 is 5.43. The topological polar surface area (TPSA) is 75.6 Å². The predicted octanol–water partition coefficient (Wildman–Crippen LogP) is 2.34. The third-order valence-electron chi connectivity index (χ3n) is 4.32. The van der Waals surface area contributed by atoms with Crippen molar-refractivity contribution in [1.29, 1.82) is 0 Å². The summed E-state index contributed by atoms with van der Waals surface area (Å²) in [5.74, 6) is -0.741. The van der Waals surface area contributed by atoms with E-state index in [1.165, 1.54) is 0 Å². The van der Waals surface area contributed by atoms with Crippen molar-refractivity contribution in [3.63, 3.8) is 0 Å². The molecule has 0 radical (unpaired) electrons. The molecule has 1 fully saturated rings. The fourth-order valence-electron chi connectivity index (χ4n) is 2.49. The molecule has 1 aliphatic carbocycles. The molecule has 2 N–H and O–H groups in total. The van der Waals surface area contributed by atoms with Crippen LogP contribution in [0.4, 0.5) is 0 Å². The van der Waals surface area contributed by atoms with Crippen molar-refractivity contribution < 1.29 is 19.4 Å². The van der Waals surface area contributed by atoms with E-state index in [0.29, 0.717) is 19.4 Å². The lowest BCUT2D eigenvalue weighted by atomic mass is 9.77. The zero-order chi connectivity index (χ0) is 15.2. The van der Waals surface area contributed by atoms with Gasteiger partial charge in [-0.15, -0.1) is 0 Å². The summed E-state index contributed by atoms with van der Waals surface area (Å²) in [5.41, 5.74) is -0.302. The molecule has 5 nitrogen and oxygen atoms in total. The van der Waals surface area contributed by atoms with Crippen LogP contribution < -0.4 is 5.32 Å². The third kappa shape index (κ3) is 5.49. The summed E-state index contributed by atoms with van der Waals surface area (Å²) >= 11 is 0. The lowest BCUT2D eigenvalue weighted by molar-refractivity contribution is -0.138. The zero-order valence-electron chi connectivity index (χ0n) is 12.8. The van der Waals surface area contributed by atoms with Gasteiger partial charge in [0, 0.05) is 20.1 Å². The van der Waals surface area contributed by atoms with Gasteiger partial charge < -0.3 is 15.2 Å². The Morgan fingerprint density at radius 1 is 1.30 bits per heavy atom. The van der Waals surface area contributed by atoms with Crippen molar-refractivity contribution in [2.45, 2.75) is 64.4 Å². The molecule has 0 saturated heterocycles. The van der Waals surface area contributed by atoms with Gasteiger partial charge in [0.15, 0.2) is 0 Å². The number of aliphatic carboxylic acids is 1. The molecule has 1 saturated carbocycles. The number of carbonyl (C=O) groups is 2. The highest BCUT2D eigenvalue weighted by Crippen LogP contribution is 2.37. The van der Waals surface area contributed by atoms with Gasteiger partial charge in [-0.2, -0.15) is 0 Å². The largest absolute Gasteiger partial charge is 0.481 e. The number of amides is 1. The maximum Gasteiger partial charge on any atom is 0.303 e. The molecule has 1 aliphatic rings. The van der Waals surface area contributed by atoms with Crippen molar-refractivity contribution in [2.24, 2.45) is 5.41 Å². The molecule has 0 spiro atoms. The van der Waals surface area contributed by atoms with E-state index in [-0.39, 0.29) is 23.3 Å². The average Bonchev–Trinajstić information content (AvgIpc) is 2.31. The average molecular weight is 285 g/mol. The lowest BCUT2D eigenvalue weighted by Crippen LogP contribution is -2.44. The first-order valence-electron chi connectivity index (χ1n) is 7.32. The minimum atomic E-state index is -0.769. The maximum absolute atomic E-state index is 11.9. The van der Waals surface area contributed by atoms with Crippen molar-refractivity contribution in [1.82, 2.24) is 5.32 Å². The highest BCUT2D eigenvalue weighted by Gasteiger charge is 2.38. The highest BCUT2D eigenvalue weighted by molar-refractivity contribution is 5.77. The number of hydrogen-bond donors (Lipinski definition) is 2. The number of hydrogen-bond acceptors (Lipinski definition) is 3. The van der Waals surface area contributed by atoms with E-state index >= 15 is 0 Å². The van der Waals surface area contributed by atoms with Crippen LogP contribution in [0.15, 0.2) is 0 Å². The number of ether oxygens (including phenoxy) is 1. The van der Waals surface area contributed by atoms with Gasteiger partial charge in [-0.05, 0) is 37.5 Å². The van der Waals surface area contributed by atoms with Crippen molar-refractivity contribution in [2.75, 3.05) is 13.7 Å². The molecular weight excluding hydrogens is 258 g/mol.